The zero-order valence-corrected chi connectivity index (χ0v) is 19.3. The summed E-state index contributed by atoms with van der Waals surface area (Å²) in [6, 6.07) is 0. The summed E-state index contributed by atoms with van der Waals surface area (Å²) in [4.78, 5) is 25.3. The Bertz CT molecular complexity index is 401. The zero-order chi connectivity index (χ0) is 21.3. The van der Waals surface area contributed by atoms with Crippen LogP contribution in [0.4, 0.5) is 0 Å². The molecule has 1 atom stereocenters. The number of unbranched alkanes of at least 4 members (excludes halogenated alkanes) is 8. The van der Waals surface area contributed by atoms with Gasteiger partial charge in [-0.15, -0.1) is 0 Å². The molecule has 0 fully saturated rings. The van der Waals surface area contributed by atoms with Gasteiger partial charge >= 0.3 is 11.9 Å². The number of carbonyl (C=O) groups excluding carboxylic acids is 2. The van der Waals surface area contributed by atoms with Crippen LogP contribution < -0.4 is 0 Å². The van der Waals surface area contributed by atoms with Crippen molar-refractivity contribution >= 4 is 11.9 Å². The van der Waals surface area contributed by atoms with E-state index in [0.717, 1.165) is 25.7 Å². The molecule has 0 rings (SSSR count). The smallest absolute Gasteiger partial charge is 0.323 e. The average Bonchev–Trinajstić information content (AvgIpc) is 2.69. The molecule has 0 bridgehead atoms. The molecule has 0 N–H and O–H groups in total. The van der Waals surface area contributed by atoms with Gasteiger partial charge in [-0.3, -0.25) is 9.59 Å². The fourth-order valence-corrected chi connectivity index (χ4v) is 3.56. The van der Waals surface area contributed by atoms with E-state index in [0.29, 0.717) is 32.0 Å². The second-order valence-corrected chi connectivity index (χ2v) is 8.25. The average molecular weight is 399 g/mol. The van der Waals surface area contributed by atoms with E-state index < -0.39 is 17.4 Å². The number of carbonyl (C=O) groups is 2. The molecule has 0 aliphatic rings. The SMILES string of the molecule is CCCCCCCCCCCOC(=O)C(CC)(CC)C(=O)OCC(C)CCC. The molecule has 4 heteroatoms. The number of esters is 2. The molecule has 0 amide bonds. The fraction of sp³-hybridized carbons (Fsp3) is 0.917. The second kappa shape index (κ2) is 16.9. The van der Waals surface area contributed by atoms with Crippen molar-refractivity contribution < 1.29 is 19.1 Å². The van der Waals surface area contributed by atoms with E-state index in [1.807, 2.05) is 13.8 Å². The van der Waals surface area contributed by atoms with Gasteiger partial charge in [-0.05, 0) is 31.6 Å². The Balaban J connectivity index is 4.19. The van der Waals surface area contributed by atoms with Gasteiger partial charge in [0.2, 0.25) is 0 Å². The molecule has 0 aromatic heterocycles. The number of hydrogen-bond donors (Lipinski definition) is 0. The quantitative estimate of drug-likeness (QED) is 0.144. The highest BCUT2D eigenvalue weighted by molar-refractivity contribution is 5.99. The Labute approximate surface area is 174 Å². The van der Waals surface area contributed by atoms with Crippen molar-refractivity contribution in [2.75, 3.05) is 13.2 Å². The first kappa shape index (κ1) is 26.9. The topological polar surface area (TPSA) is 52.6 Å². The molecule has 0 saturated carbocycles. The van der Waals surface area contributed by atoms with Crippen molar-refractivity contribution in [2.24, 2.45) is 11.3 Å². The Morgan fingerprint density at radius 1 is 0.714 bits per heavy atom. The Morgan fingerprint density at radius 3 is 1.71 bits per heavy atom. The molecule has 0 heterocycles. The highest BCUT2D eigenvalue weighted by atomic mass is 16.6. The normalized spacial score (nSPS) is 12.6. The van der Waals surface area contributed by atoms with Crippen molar-refractivity contribution in [2.45, 2.75) is 118 Å². The molecule has 166 valence electrons. The molecular weight excluding hydrogens is 352 g/mol. The lowest BCUT2D eigenvalue weighted by molar-refractivity contribution is -0.174. The minimum Gasteiger partial charge on any atom is -0.465 e. The molecule has 0 aromatic rings. The van der Waals surface area contributed by atoms with Crippen molar-refractivity contribution in [3.63, 3.8) is 0 Å². The minimum absolute atomic E-state index is 0.318. The van der Waals surface area contributed by atoms with Gasteiger partial charge in [0.15, 0.2) is 5.41 Å². The standard InChI is InChI=1S/C24H46O4/c1-6-10-11-12-13-14-15-16-17-19-27-22(25)24(8-3,9-4)23(26)28-20-21(5)18-7-2/h21H,6-20H2,1-5H3. The van der Waals surface area contributed by atoms with Gasteiger partial charge in [-0.1, -0.05) is 92.4 Å². The fourth-order valence-electron chi connectivity index (χ4n) is 3.56. The van der Waals surface area contributed by atoms with E-state index in [9.17, 15) is 9.59 Å². The van der Waals surface area contributed by atoms with Crippen molar-refractivity contribution in [3.05, 3.63) is 0 Å². The Kier molecular flexibility index (Phi) is 16.2. The highest BCUT2D eigenvalue weighted by Crippen LogP contribution is 2.30. The molecule has 0 aliphatic heterocycles. The minimum atomic E-state index is -1.15. The summed E-state index contributed by atoms with van der Waals surface area (Å²) < 4.78 is 11.0. The van der Waals surface area contributed by atoms with E-state index in [4.69, 9.17) is 9.47 Å². The van der Waals surface area contributed by atoms with Gasteiger partial charge in [0.1, 0.15) is 0 Å². The van der Waals surface area contributed by atoms with Crippen molar-refractivity contribution in [1.29, 1.82) is 0 Å². The lowest BCUT2D eigenvalue weighted by Gasteiger charge is -2.27. The lowest BCUT2D eigenvalue weighted by Crippen LogP contribution is -2.41. The lowest BCUT2D eigenvalue weighted by atomic mass is 9.82. The van der Waals surface area contributed by atoms with Crippen LogP contribution in [0, 0.1) is 11.3 Å². The van der Waals surface area contributed by atoms with E-state index >= 15 is 0 Å². The van der Waals surface area contributed by atoms with E-state index in [2.05, 4.69) is 20.8 Å². The summed E-state index contributed by atoms with van der Waals surface area (Å²) in [5.74, 6) is -0.513. The van der Waals surface area contributed by atoms with Crippen LogP contribution in [0.25, 0.3) is 0 Å². The summed E-state index contributed by atoms with van der Waals surface area (Å²) in [6.07, 6.45) is 13.9. The predicted octanol–water partition coefficient (Wildman–Crippen LogP) is 6.85. The van der Waals surface area contributed by atoms with Crippen LogP contribution in [0.5, 0.6) is 0 Å². The van der Waals surface area contributed by atoms with Crippen LogP contribution >= 0.6 is 0 Å². The number of ether oxygens (including phenoxy) is 2. The molecule has 4 nitrogen and oxygen atoms in total. The molecule has 0 spiro atoms. The summed E-state index contributed by atoms with van der Waals surface area (Å²) >= 11 is 0. The third kappa shape index (κ3) is 10.5. The first-order chi connectivity index (χ1) is 13.5. The molecular formula is C24H46O4. The van der Waals surface area contributed by atoms with Crippen LogP contribution in [0.15, 0.2) is 0 Å². The van der Waals surface area contributed by atoms with Gasteiger partial charge in [0, 0.05) is 0 Å². The molecule has 0 aromatic carbocycles. The van der Waals surface area contributed by atoms with Gasteiger partial charge in [-0.25, -0.2) is 0 Å². The summed E-state index contributed by atoms with van der Waals surface area (Å²) in [7, 11) is 0. The molecule has 0 saturated heterocycles. The predicted molar refractivity (Wildman–Crippen MR) is 116 cm³/mol. The maximum Gasteiger partial charge on any atom is 0.323 e. The Hall–Kier alpha value is -1.06. The molecule has 1 unspecified atom stereocenters. The highest BCUT2D eigenvalue weighted by Gasteiger charge is 2.45. The molecule has 28 heavy (non-hydrogen) atoms. The van der Waals surface area contributed by atoms with Gasteiger partial charge in [0.25, 0.3) is 0 Å². The maximum atomic E-state index is 12.7. The van der Waals surface area contributed by atoms with Crippen LogP contribution in [0.1, 0.15) is 118 Å². The zero-order valence-electron chi connectivity index (χ0n) is 19.3. The van der Waals surface area contributed by atoms with Gasteiger partial charge in [-0.2, -0.15) is 0 Å². The van der Waals surface area contributed by atoms with E-state index in [-0.39, 0.29) is 0 Å². The third-order valence-corrected chi connectivity index (χ3v) is 5.75. The second-order valence-electron chi connectivity index (χ2n) is 8.25. The van der Waals surface area contributed by atoms with E-state index in [1.54, 1.807) is 0 Å². The largest absolute Gasteiger partial charge is 0.465 e. The van der Waals surface area contributed by atoms with Gasteiger partial charge < -0.3 is 9.47 Å². The Morgan fingerprint density at radius 2 is 1.21 bits per heavy atom. The van der Waals surface area contributed by atoms with Crippen LogP contribution in [0.2, 0.25) is 0 Å². The van der Waals surface area contributed by atoms with E-state index in [1.165, 1.54) is 44.9 Å². The maximum absolute atomic E-state index is 12.7. The first-order valence-corrected chi connectivity index (χ1v) is 11.8. The first-order valence-electron chi connectivity index (χ1n) is 11.8. The molecule has 0 aliphatic carbocycles. The van der Waals surface area contributed by atoms with Gasteiger partial charge in [0.05, 0.1) is 13.2 Å². The third-order valence-electron chi connectivity index (χ3n) is 5.75. The van der Waals surface area contributed by atoms with Crippen LogP contribution in [-0.2, 0) is 19.1 Å². The number of hydrogen-bond acceptors (Lipinski definition) is 4. The summed E-state index contributed by atoms with van der Waals surface area (Å²) in [5, 5.41) is 0. The monoisotopic (exact) mass is 398 g/mol. The summed E-state index contributed by atoms with van der Waals surface area (Å²) in [6.45, 7) is 10.9. The summed E-state index contributed by atoms with van der Waals surface area (Å²) in [5.41, 5.74) is -1.15. The van der Waals surface area contributed by atoms with Crippen LogP contribution in [-0.4, -0.2) is 25.2 Å². The number of rotatable bonds is 18. The van der Waals surface area contributed by atoms with Crippen molar-refractivity contribution in [3.8, 4) is 0 Å². The van der Waals surface area contributed by atoms with Crippen LogP contribution in [0.3, 0.4) is 0 Å². The van der Waals surface area contributed by atoms with Crippen molar-refractivity contribution in [1.82, 2.24) is 0 Å². The molecule has 0 radical (unpaired) electrons.